The van der Waals surface area contributed by atoms with Crippen LogP contribution in [0, 0.1) is 0 Å². The smallest absolute Gasteiger partial charge is 0.189 e. The van der Waals surface area contributed by atoms with Gasteiger partial charge < -0.3 is 0 Å². The van der Waals surface area contributed by atoms with Gasteiger partial charge in [0.15, 0.2) is 0 Å². The quantitative estimate of drug-likeness (QED) is 0.513. The Balaban J connectivity index is 2.95. The van der Waals surface area contributed by atoms with Gasteiger partial charge in [-0.3, -0.25) is 0 Å². The average molecular weight is 264 g/mol. The maximum atomic E-state index is 12.4. The maximum absolute atomic E-state index is 12.4. The molecule has 1 aliphatic rings. The molecule has 0 aromatic heterocycles. The summed E-state index contributed by atoms with van der Waals surface area (Å²) in [5, 5.41) is 2.69. The Hall–Kier alpha value is -0.660. The van der Waals surface area contributed by atoms with Gasteiger partial charge in [-0.1, -0.05) is 0 Å². The summed E-state index contributed by atoms with van der Waals surface area (Å²) < 4.78 is 59.8. The third-order valence-corrected chi connectivity index (χ3v) is 1.57. The van der Waals surface area contributed by atoms with Crippen LogP contribution in [0.2, 0.25) is 0 Å². The van der Waals surface area contributed by atoms with Crippen molar-refractivity contribution < 1.29 is 22.0 Å². The van der Waals surface area contributed by atoms with Crippen molar-refractivity contribution >= 4 is 21.6 Å². The molecule has 0 unspecified atom stereocenters. The van der Waals surface area contributed by atoms with E-state index in [-0.39, 0.29) is 4.61 Å². The molecule has 1 rings (SSSR count). The second-order valence-corrected chi connectivity index (χ2v) is 2.94. The summed E-state index contributed by atoms with van der Waals surface area (Å²) in [6.45, 7) is 0. The largest absolute Gasteiger partial charge is 0.459 e. The minimum absolute atomic E-state index is 0.161. The van der Waals surface area contributed by atoms with Crippen LogP contribution in [0.25, 0.3) is 0 Å². The van der Waals surface area contributed by atoms with Gasteiger partial charge in [-0.2, -0.15) is 22.0 Å². The molecule has 0 amide bonds. The first-order valence-electron chi connectivity index (χ1n) is 2.86. The summed E-state index contributed by atoms with van der Waals surface area (Å²) in [6, 6.07) is 0. The number of alkyl halides is 5. The van der Waals surface area contributed by atoms with Crippen molar-refractivity contribution in [3.8, 4) is 0 Å². The Morgan fingerprint density at radius 1 is 1.15 bits per heavy atom. The van der Waals surface area contributed by atoms with Crippen LogP contribution in [-0.2, 0) is 0 Å². The molecule has 1 radical (unpaired) electrons. The topological polar surface area (TPSA) is 26.5 Å². The van der Waals surface area contributed by atoms with Crippen LogP contribution >= 0.6 is 15.9 Å². The van der Waals surface area contributed by atoms with Crippen molar-refractivity contribution in [2.75, 3.05) is 0 Å². The molecule has 0 aromatic carbocycles. The second-order valence-electron chi connectivity index (χ2n) is 2.12. The minimum Gasteiger partial charge on any atom is -0.189 e. The van der Waals surface area contributed by atoms with Crippen LogP contribution in [0.5, 0.6) is 0 Å². The molecule has 0 fully saturated rings. The van der Waals surface area contributed by atoms with Crippen LogP contribution in [0.4, 0.5) is 22.0 Å². The normalized spacial score (nSPS) is 18.0. The molecule has 0 spiro atoms. The Labute approximate surface area is 77.6 Å². The summed E-state index contributed by atoms with van der Waals surface area (Å²) in [7, 11) is 0. The molecule has 8 heteroatoms. The first kappa shape index (κ1) is 10.4. The molecule has 1 heterocycles. The van der Waals surface area contributed by atoms with Gasteiger partial charge in [0.05, 0.1) is 0 Å². The lowest BCUT2D eigenvalue weighted by Gasteiger charge is -2.17. The van der Waals surface area contributed by atoms with Crippen molar-refractivity contribution in [1.82, 2.24) is 5.43 Å². The number of hydrogen-bond donors (Lipinski definition) is 0. The summed E-state index contributed by atoms with van der Waals surface area (Å²) in [5.74, 6) is -4.95. The molecule has 13 heavy (non-hydrogen) atoms. The van der Waals surface area contributed by atoms with Gasteiger partial charge in [-0.25, -0.2) is 0 Å². The van der Waals surface area contributed by atoms with Gasteiger partial charge in [0.25, 0.3) is 0 Å². The molecular weight excluding hydrogens is 263 g/mol. The predicted octanol–water partition coefficient (Wildman–Crippen LogP) is 2.39. The fourth-order valence-corrected chi connectivity index (χ4v) is 0.867. The Kier molecular flexibility index (Phi) is 2.35. The van der Waals surface area contributed by atoms with Crippen LogP contribution in [0.3, 0.4) is 0 Å². The number of halogens is 6. The number of hydrogen-bond acceptors (Lipinski definition) is 1. The highest BCUT2D eigenvalue weighted by Crippen LogP contribution is 2.38. The molecular formula is C5HBrF5N2. The van der Waals surface area contributed by atoms with E-state index in [2.05, 4.69) is 26.5 Å². The summed E-state index contributed by atoms with van der Waals surface area (Å²) in [6.07, 6.45) is -5.12. The lowest BCUT2D eigenvalue weighted by Crippen LogP contribution is -2.42. The zero-order valence-electron chi connectivity index (χ0n) is 5.74. The molecule has 0 N–H and O–H groups in total. The summed E-state index contributed by atoms with van der Waals surface area (Å²) >= 11 is 2.62. The van der Waals surface area contributed by atoms with Crippen molar-refractivity contribution in [2.24, 2.45) is 5.10 Å². The third kappa shape index (κ3) is 1.82. The fraction of sp³-hybridized carbons (Fsp3) is 0.400. The van der Waals surface area contributed by atoms with Crippen molar-refractivity contribution in [1.29, 1.82) is 0 Å². The lowest BCUT2D eigenvalue weighted by molar-refractivity contribution is -0.248. The summed E-state index contributed by atoms with van der Waals surface area (Å²) in [4.78, 5) is 0. The second kappa shape index (κ2) is 2.93. The first-order valence-corrected chi connectivity index (χ1v) is 3.65. The van der Waals surface area contributed by atoms with Gasteiger partial charge in [0.1, 0.15) is 10.3 Å². The molecule has 0 aliphatic carbocycles. The monoisotopic (exact) mass is 263 g/mol. The van der Waals surface area contributed by atoms with Crippen molar-refractivity contribution in [2.45, 2.75) is 12.1 Å². The van der Waals surface area contributed by atoms with Crippen LogP contribution in [0.1, 0.15) is 0 Å². The molecule has 73 valence electrons. The van der Waals surface area contributed by atoms with E-state index in [1.54, 1.807) is 0 Å². The first-order chi connectivity index (χ1) is 5.75. The number of nitrogens with zero attached hydrogens (tertiary/aromatic N) is 2. The maximum Gasteiger partial charge on any atom is 0.459 e. The third-order valence-electron chi connectivity index (χ3n) is 1.19. The zero-order valence-corrected chi connectivity index (χ0v) is 7.33. The molecule has 1 aliphatic heterocycles. The summed E-state index contributed by atoms with van der Waals surface area (Å²) in [5.41, 5.74) is 1.57. The highest BCUT2D eigenvalue weighted by molar-refractivity contribution is 9.11. The highest BCUT2D eigenvalue weighted by Gasteiger charge is 2.61. The van der Waals surface area contributed by atoms with Crippen LogP contribution in [-0.4, -0.2) is 17.8 Å². The van der Waals surface area contributed by atoms with E-state index in [4.69, 9.17) is 0 Å². The van der Waals surface area contributed by atoms with Crippen molar-refractivity contribution in [3.63, 3.8) is 0 Å². The van der Waals surface area contributed by atoms with Gasteiger partial charge in [-0.05, 0) is 15.9 Å². The highest BCUT2D eigenvalue weighted by atomic mass is 79.9. The lowest BCUT2D eigenvalue weighted by atomic mass is 10.2. The molecule has 0 saturated heterocycles. The number of rotatable bonds is 1. The minimum atomic E-state index is -5.64. The molecule has 0 bridgehead atoms. The zero-order chi connectivity index (χ0) is 10.3. The van der Waals surface area contributed by atoms with E-state index in [0.29, 0.717) is 6.08 Å². The SMILES string of the molecule is FC(F)(F)C(F)(F)C1=N[N]C(Br)=C1. The fourth-order valence-electron chi connectivity index (χ4n) is 0.571. The van der Waals surface area contributed by atoms with Crippen molar-refractivity contribution in [3.05, 3.63) is 10.7 Å². The Morgan fingerprint density at radius 2 is 1.69 bits per heavy atom. The van der Waals surface area contributed by atoms with Crippen LogP contribution < -0.4 is 5.43 Å². The average Bonchev–Trinajstić information content (AvgIpc) is 2.33. The molecule has 0 saturated carbocycles. The van der Waals surface area contributed by atoms with Gasteiger partial charge in [0.2, 0.25) is 0 Å². The Morgan fingerprint density at radius 3 is 2.00 bits per heavy atom. The van der Waals surface area contributed by atoms with E-state index in [1.807, 2.05) is 0 Å². The van der Waals surface area contributed by atoms with E-state index in [0.717, 1.165) is 0 Å². The van der Waals surface area contributed by atoms with E-state index in [1.165, 1.54) is 0 Å². The number of allylic oxidation sites excluding steroid dienone is 1. The molecule has 0 atom stereocenters. The van der Waals surface area contributed by atoms with Gasteiger partial charge in [0, 0.05) is 6.08 Å². The van der Waals surface area contributed by atoms with Gasteiger partial charge in [-0.15, -0.1) is 10.5 Å². The standard InChI is InChI=1S/C5HBrF5N2/c6-3-1-2(12-13-3)4(7,8)5(9,10)11/h1H. The van der Waals surface area contributed by atoms with E-state index >= 15 is 0 Å². The van der Waals surface area contributed by atoms with E-state index in [9.17, 15) is 22.0 Å². The Bertz CT molecular complexity index is 279. The predicted molar refractivity (Wildman–Crippen MR) is 37.6 cm³/mol. The molecule has 2 nitrogen and oxygen atoms in total. The van der Waals surface area contributed by atoms with Crippen LogP contribution in [0.15, 0.2) is 15.8 Å². The van der Waals surface area contributed by atoms with Gasteiger partial charge >= 0.3 is 12.1 Å². The molecule has 0 aromatic rings. The van der Waals surface area contributed by atoms with E-state index < -0.39 is 17.8 Å².